The SMILES string of the molecule is O=C(O)C[C@@H](O)c1ccc(F)c(F)c1. The number of hydrogen-bond acceptors (Lipinski definition) is 2. The molecule has 5 heteroatoms. The van der Waals surface area contributed by atoms with Gasteiger partial charge in [-0.15, -0.1) is 0 Å². The first-order chi connectivity index (χ1) is 6.50. The third kappa shape index (κ3) is 2.50. The Kier molecular flexibility index (Phi) is 3.14. The molecule has 14 heavy (non-hydrogen) atoms. The summed E-state index contributed by atoms with van der Waals surface area (Å²) in [6, 6.07) is 2.77. The Bertz CT molecular complexity index is 352. The minimum atomic E-state index is -1.32. The van der Waals surface area contributed by atoms with Gasteiger partial charge in [-0.3, -0.25) is 4.79 Å². The second-order valence-corrected chi connectivity index (χ2v) is 2.79. The molecule has 1 rings (SSSR count). The predicted octanol–water partition coefficient (Wildman–Crippen LogP) is 1.47. The topological polar surface area (TPSA) is 57.5 Å². The Hall–Kier alpha value is -1.49. The molecule has 0 radical (unpaired) electrons. The van der Waals surface area contributed by atoms with E-state index in [1.807, 2.05) is 0 Å². The average molecular weight is 202 g/mol. The Morgan fingerprint density at radius 2 is 2.00 bits per heavy atom. The summed E-state index contributed by atoms with van der Waals surface area (Å²) in [5.41, 5.74) is 0.0475. The van der Waals surface area contributed by atoms with Crippen molar-refractivity contribution in [1.82, 2.24) is 0 Å². The van der Waals surface area contributed by atoms with E-state index < -0.39 is 30.1 Å². The maximum atomic E-state index is 12.6. The first-order valence-corrected chi connectivity index (χ1v) is 3.85. The van der Waals surface area contributed by atoms with Crippen LogP contribution in [-0.4, -0.2) is 16.2 Å². The van der Waals surface area contributed by atoms with Crippen LogP contribution in [0.3, 0.4) is 0 Å². The fraction of sp³-hybridized carbons (Fsp3) is 0.222. The molecule has 0 amide bonds. The smallest absolute Gasteiger partial charge is 0.306 e. The standard InChI is InChI=1S/C9H8F2O3/c10-6-2-1-5(3-7(6)11)8(12)4-9(13)14/h1-3,8,12H,4H2,(H,13,14)/t8-/m1/s1. The van der Waals surface area contributed by atoms with Gasteiger partial charge < -0.3 is 10.2 Å². The van der Waals surface area contributed by atoms with E-state index in [0.29, 0.717) is 0 Å². The minimum Gasteiger partial charge on any atom is -0.481 e. The molecule has 0 bridgehead atoms. The van der Waals surface area contributed by atoms with Gasteiger partial charge in [0.2, 0.25) is 0 Å². The normalized spacial score (nSPS) is 12.5. The van der Waals surface area contributed by atoms with E-state index in [1.54, 1.807) is 0 Å². The van der Waals surface area contributed by atoms with Crippen molar-refractivity contribution in [1.29, 1.82) is 0 Å². The largest absolute Gasteiger partial charge is 0.481 e. The van der Waals surface area contributed by atoms with E-state index in [1.165, 1.54) is 0 Å². The summed E-state index contributed by atoms with van der Waals surface area (Å²) >= 11 is 0. The van der Waals surface area contributed by atoms with Gasteiger partial charge in [0.25, 0.3) is 0 Å². The summed E-state index contributed by atoms with van der Waals surface area (Å²) in [6.07, 6.45) is -1.85. The Balaban J connectivity index is 2.85. The second kappa shape index (κ2) is 4.15. The monoisotopic (exact) mass is 202 g/mol. The summed E-state index contributed by atoms with van der Waals surface area (Å²) in [7, 11) is 0. The number of aliphatic carboxylic acids is 1. The van der Waals surface area contributed by atoms with Crippen molar-refractivity contribution in [3.8, 4) is 0 Å². The number of rotatable bonds is 3. The van der Waals surface area contributed by atoms with Crippen molar-refractivity contribution >= 4 is 5.97 Å². The molecule has 0 unspecified atom stereocenters. The van der Waals surface area contributed by atoms with Gasteiger partial charge >= 0.3 is 5.97 Å². The van der Waals surface area contributed by atoms with Gasteiger partial charge in [0.1, 0.15) is 0 Å². The van der Waals surface area contributed by atoms with Gasteiger partial charge in [-0.25, -0.2) is 8.78 Å². The fourth-order valence-electron chi connectivity index (χ4n) is 1.00. The molecule has 0 aliphatic carbocycles. The van der Waals surface area contributed by atoms with Crippen LogP contribution in [0.4, 0.5) is 8.78 Å². The molecule has 0 aliphatic rings. The third-order valence-electron chi connectivity index (χ3n) is 1.70. The number of aliphatic hydroxyl groups excluding tert-OH is 1. The van der Waals surface area contributed by atoms with Crippen LogP contribution < -0.4 is 0 Å². The zero-order valence-corrected chi connectivity index (χ0v) is 7.08. The lowest BCUT2D eigenvalue weighted by molar-refractivity contribution is -0.139. The van der Waals surface area contributed by atoms with Crippen LogP contribution in [0.5, 0.6) is 0 Å². The first kappa shape index (κ1) is 10.6. The van der Waals surface area contributed by atoms with E-state index >= 15 is 0 Å². The lowest BCUT2D eigenvalue weighted by atomic mass is 10.1. The van der Waals surface area contributed by atoms with Crippen molar-refractivity contribution in [2.45, 2.75) is 12.5 Å². The minimum absolute atomic E-state index is 0.0475. The highest BCUT2D eigenvalue weighted by atomic mass is 19.2. The van der Waals surface area contributed by atoms with Gasteiger partial charge in [-0.2, -0.15) is 0 Å². The van der Waals surface area contributed by atoms with E-state index in [4.69, 9.17) is 5.11 Å². The molecule has 76 valence electrons. The molecule has 0 aromatic heterocycles. The highest BCUT2D eigenvalue weighted by molar-refractivity contribution is 5.67. The molecule has 0 heterocycles. The third-order valence-corrected chi connectivity index (χ3v) is 1.70. The highest BCUT2D eigenvalue weighted by Crippen LogP contribution is 2.18. The zero-order chi connectivity index (χ0) is 10.7. The van der Waals surface area contributed by atoms with Crippen LogP contribution in [0.1, 0.15) is 18.1 Å². The van der Waals surface area contributed by atoms with Crippen molar-refractivity contribution < 1.29 is 23.8 Å². The van der Waals surface area contributed by atoms with Crippen molar-refractivity contribution in [2.24, 2.45) is 0 Å². The van der Waals surface area contributed by atoms with Crippen LogP contribution in [-0.2, 0) is 4.79 Å². The van der Waals surface area contributed by atoms with E-state index in [2.05, 4.69) is 0 Å². The van der Waals surface area contributed by atoms with Gasteiger partial charge in [0, 0.05) is 0 Å². The molecule has 0 aliphatic heterocycles. The molecular weight excluding hydrogens is 194 g/mol. The number of halogens is 2. The number of hydrogen-bond donors (Lipinski definition) is 2. The molecule has 0 saturated heterocycles. The van der Waals surface area contributed by atoms with E-state index in [0.717, 1.165) is 18.2 Å². The van der Waals surface area contributed by atoms with E-state index in [9.17, 15) is 18.7 Å². The quantitative estimate of drug-likeness (QED) is 0.780. The average Bonchev–Trinajstić information content (AvgIpc) is 2.08. The zero-order valence-electron chi connectivity index (χ0n) is 7.08. The number of carbonyl (C=O) groups is 1. The Morgan fingerprint density at radius 3 is 2.50 bits per heavy atom. The van der Waals surface area contributed by atoms with Gasteiger partial charge in [0.15, 0.2) is 11.6 Å². The molecule has 1 aromatic rings. The lowest BCUT2D eigenvalue weighted by Gasteiger charge is -2.07. The highest BCUT2D eigenvalue weighted by Gasteiger charge is 2.13. The van der Waals surface area contributed by atoms with Crippen LogP contribution in [0.15, 0.2) is 18.2 Å². The lowest BCUT2D eigenvalue weighted by Crippen LogP contribution is -2.05. The van der Waals surface area contributed by atoms with Crippen LogP contribution in [0.25, 0.3) is 0 Å². The molecular formula is C9H8F2O3. The number of aliphatic hydroxyl groups is 1. The summed E-state index contributed by atoms with van der Waals surface area (Å²) < 4.78 is 25.1. The number of carboxylic acids is 1. The Morgan fingerprint density at radius 1 is 1.36 bits per heavy atom. The second-order valence-electron chi connectivity index (χ2n) is 2.79. The van der Waals surface area contributed by atoms with Crippen LogP contribution >= 0.6 is 0 Å². The summed E-state index contributed by atoms with van der Waals surface area (Å²) in [5, 5.41) is 17.6. The fourth-order valence-corrected chi connectivity index (χ4v) is 1.00. The van der Waals surface area contributed by atoms with Gasteiger partial charge in [0.05, 0.1) is 12.5 Å². The number of benzene rings is 1. The van der Waals surface area contributed by atoms with Crippen molar-refractivity contribution in [3.63, 3.8) is 0 Å². The summed E-state index contributed by atoms with van der Waals surface area (Å²) in [6.45, 7) is 0. The summed E-state index contributed by atoms with van der Waals surface area (Å²) in [4.78, 5) is 10.2. The molecule has 2 N–H and O–H groups in total. The predicted molar refractivity (Wildman–Crippen MR) is 43.6 cm³/mol. The van der Waals surface area contributed by atoms with Gasteiger partial charge in [-0.1, -0.05) is 6.07 Å². The Labute approximate surface area is 78.6 Å². The first-order valence-electron chi connectivity index (χ1n) is 3.85. The van der Waals surface area contributed by atoms with Crippen LogP contribution in [0.2, 0.25) is 0 Å². The molecule has 1 aromatic carbocycles. The van der Waals surface area contributed by atoms with Gasteiger partial charge in [-0.05, 0) is 17.7 Å². The van der Waals surface area contributed by atoms with Crippen molar-refractivity contribution in [2.75, 3.05) is 0 Å². The maximum absolute atomic E-state index is 12.6. The van der Waals surface area contributed by atoms with Crippen LogP contribution in [0, 0.1) is 11.6 Å². The molecule has 0 saturated carbocycles. The molecule has 3 nitrogen and oxygen atoms in total. The van der Waals surface area contributed by atoms with E-state index in [-0.39, 0.29) is 5.56 Å². The number of carboxylic acid groups (broad SMARTS) is 1. The van der Waals surface area contributed by atoms with Crippen molar-refractivity contribution in [3.05, 3.63) is 35.4 Å². The molecule has 0 fully saturated rings. The maximum Gasteiger partial charge on any atom is 0.306 e. The molecule has 1 atom stereocenters. The molecule has 0 spiro atoms. The summed E-state index contributed by atoms with van der Waals surface area (Å²) in [5.74, 6) is -3.34.